The van der Waals surface area contributed by atoms with E-state index in [0.717, 1.165) is 55.0 Å². The molecule has 0 radical (unpaired) electrons. The second-order valence-corrected chi connectivity index (χ2v) is 10.5. The van der Waals surface area contributed by atoms with Crippen molar-refractivity contribution in [1.29, 1.82) is 0 Å². The summed E-state index contributed by atoms with van der Waals surface area (Å²) >= 11 is 0. The number of alkyl halides is 3. The average molecular weight is 514 g/mol. The van der Waals surface area contributed by atoms with Crippen LogP contribution < -0.4 is 4.74 Å². The number of hydrogen-bond donors (Lipinski definition) is 0. The van der Waals surface area contributed by atoms with E-state index in [9.17, 15) is 21.6 Å². The van der Waals surface area contributed by atoms with Crippen LogP contribution in [0.15, 0.2) is 53.4 Å². The molecule has 4 rings (SSSR count). The molecule has 2 heterocycles. The molecule has 0 N–H and O–H groups in total. The van der Waals surface area contributed by atoms with Crippen molar-refractivity contribution < 1.29 is 31.1 Å². The molecule has 0 amide bonds. The highest BCUT2D eigenvalue weighted by molar-refractivity contribution is 7.89. The molecule has 7 nitrogen and oxygen atoms in total. The van der Waals surface area contributed by atoms with Gasteiger partial charge in [0.05, 0.1) is 23.7 Å². The van der Waals surface area contributed by atoms with Crippen LogP contribution in [0.25, 0.3) is 0 Å². The summed E-state index contributed by atoms with van der Waals surface area (Å²) in [6.07, 6.45) is -4.73. The summed E-state index contributed by atoms with van der Waals surface area (Å²) in [5, 5.41) is 0. The number of morpholine rings is 1. The van der Waals surface area contributed by atoms with Gasteiger partial charge in [0.15, 0.2) is 0 Å². The van der Waals surface area contributed by atoms with Gasteiger partial charge in [-0.05, 0) is 29.8 Å². The summed E-state index contributed by atoms with van der Waals surface area (Å²) in [6.45, 7) is 6.30. The highest BCUT2D eigenvalue weighted by Gasteiger charge is 2.39. The Balaban J connectivity index is 1.26. The minimum absolute atomic E-state index is 0.129. The lowest BCUT2D eigenvalue weighted by molar-refractivity contribution is -0.139. The zero-order valence-corrected chi connectivity index (χ0v) is 20.2. The molecule has 192 valence electrons. The number of nitrogens with zero attached hydrogens (tertiary/aromatic N) is 3. The summed E-state index contributed by atoms with van der Waals surface area (Å²) in [6, 6.07) is 12.3. The number of sulfonamides is 1. The van der Waals surface area contributed by atoms with Crippen LogP contribution in [0.3, 0.4) is 0 Å². The molecule has 2 aliphatic heterocycles. The molecule has 2 aliphatic rings. The van der Waals surface area contributed by atoms with Crippen LogP contribution >= 0.6 is 0 Å². The number of piperazine rings is 1. The van der Waals surface area contributed by atoms with Crippen LogP contribution in [0.2, 0.25) is 0 Å². The van der Waals surface area contributed by atoms with E-state index in [1.165, 1.54) is 17.7 Å². The first-order valence-electron chi connectivity index (χ1n) is 11.6. The van der Waals surface area contributed by atoms with Crippen LogP contribution in [0.4, 0.5) is 13.2 Å². The first kappa shape index (κ1) is 25.9. The maximum atomic E-state index is 13.3. The Morgan fingerprint density at radius 2 is 1.60 bits per heavy atom. The van der Waals surface area contributed by atoms with Crippen LogP contribution in [0, 0.1) is 0 Å². The van der Waals surface area contributed by atoms with E-state index < -0.39 is 26.7 Å². The molecule has 35 heavy (non-hydrogen) atoms. The Morgan fingerprint density at radius 1 is 0.886 bits per heavy atom. The summed E-state index contributed by atoms with van der Waals surface area (Å²) in [5.74, 6) is 0.778. The predicted octanol–water partition coefficient (Wildman–Crippen LogP) is 2.92. The maximum absolute atomic E-state index is 13.3. The molecular weight excluding hydrogens is 483 g/mol. The third kappa shape index (κ3) is 6.73. The zero-order chi connectivity index (χ0) is 24.9. The van der Waals surface area contributed by atoms with Gasteiger partial charge in [-0.1, -0.05) is 24.3 Å². The first-order valence-corrected chi connectivity index (χ1v) is 13.1. The van der Waals surface area contributed by atoms with Gasteiger partial charge < -0.3 is 9.47 Å². The van der Waals surface area contributed by atoms with Gasteiger partial charge >= 0.3 is 6.18 Å². The van der Waals surface area contributed by atoms with E-state index in [4.69, 9.17) is 9.47 Å². The Labute approximate surface area is 204 Å². The third-order valence-corrected chi connectivity index (χ3v) is 8.18. The van der Waals surface area contributed by atoms with Crippen molar-refractivity contribution in [3.8, 4) is 5.75 Å². The van der Waals surface area contributed by atoms with Crippen molar-refractivity contribution in [2.24, 2.45) is 0 Å². The van der Waals surface area contributed by atoms with Crippen LogP contribution in [0.1, 0.15) is 11.1 Å². The fourth-order valence-electron chi connectivity index (χ4n) is 4.30. The number of hydrogen-bond acceptors (Lipinski definition) is 6. The van der Waals surface area contributed by atoms with Crippen LogP contribution in [0.5, 0.6) is 5.75 Å². The lowest BCUT2D eigenvalue weighted by Gasteiger charge is -2.34. The molecule has 2 aromatic rings. The second kappa shape index (κ2) is 11.3. The van der Waals surface area contributed by atoms with E-state index in [1.54, 1.807) is 0 Å². The predicted molar refractivity (Wildman–Crippen MR) is 125 cm³/mol. The molecule has 11 heteroatoms. The van der Waals surface area contributed by atoms with Crippen molar-refractivity contribution >= 4 is 10.0 Å². The lowest BCUT2D eigenvalue weighted by Crippen LogP contribution is -2.49. The Morgan fingerprint density at radius 3 is 2.31 bits per heavy atom. The van der Waals surface area contributed by atoms with Crippen LogP contribution in [-0.2, 0) is 27.5 Å². The molecular formula is C24H30F3N3O4S. The van der Waals surface area contributed by atoms with Crippen molar-refractivity contribution in [2.45, 2.75) is 17.6 Å². The molecule has 0 aromatic heterocycles. The largest absolute Gasteiger partial charge is 0.492 e. The first-order chi connectivity index (χ1) is 16.7. The van der Waals surface area contributed by atoms with Gasteiger partial charge in [-0.25, -0.2) is 8.42 Å². The molecule has 2 fully saturated rings. The lowest BCUT2D eigenvalue weighted by atomic mass is 10.2. The van der Waals surface area contributed by atoms with E-state index in [0.29, 0.717) is 26.2 Å². The standard InChI is InChI=1S/C24H30F3N3O4S/c25-24(26,27)22-6-1-2-7-23(22)35(31,32)30-10-8-28(9-11-30)14-17-34-21-5-3-4-20(18-21)19-29-12-15-33-16-13-29/h1-7,18H,8-17,19H2. The summed E-state index contributed by atoms with van der Waals surface area (Å²) < 4.78 is 78.2. The number of rotatable bonds is 8. The Kier molecular flexibility index (Phi) is 8.33. The van der Waals surface area contributed by atoms with E-state index >= 15 is 0 Å². The average Bonchev–Trinajstić information content (AvgIpc) is 2.85. The van der Waals surface area contributed by atoms with Crippen molar-refractivity contribution in [3.05, 3.63) is 59.7 Å². The fourth-order valence-corrected chi connectivity index (χ4v) is 5.94. The summed E-state index contributed by atoms with van der Waals surface area (Å²) in [5.41, 5.74) is 0.0361. The summed E-state index contributed by atoms with van der Waals surface area (Å²) in [4.78, 5) is 3.70. The van der Waals surface area contributed by atoms with Gasteiger partial charge in [-0.3, -0.25) is 9.80 Å². The van der Waals surface area contributed by atoms with Gasteiger partial charge in [-0.15, -0.1) is 0 Å². The van der Waals surface area contributed by atoms with E-state index in [1.807, 2.05) is 18.2 Å². The van der Waals surface area contributed by atoms with E-state index in [2.05, 4.69) is 15.9 Å². The van der Waals surface area contributed by atoms with Gasteiger partial charge in [-0.2, -0.15) is 17.5 Å². The fraction of sp³-hybridized carbons (Fsp3) is 0.500. The monoisotopic (exact) mass is 513 g/mol. The highest BCUT2D eigenvalue weighted by atomic mass is 32.2. The molecule has 0 saturated carbocycles. The third-order valence-electron chi connectivity index (χ3n) is 6.23. The minimum Gasteiger partial charge on any atom is -0.492 e. The molecule has 0 spiro atoms. The quantitative estimate of drug-likeness (QED) is 0.541. The van der Waals surface area contributed by atoms with Gasteiger partial charge in [0.25, 0.3) is 0 Å². The number of ether oxygens (including phenoxy) is 2. The molecule has 0 aliphatic carbocycles. The number of halogens is 3. The summed E-state index contributed by atoms with van der Waals surface area (Å²) in [7, 11) is -4.24. The topological polar surface area (TPSA) is 62.3 Å². The number of benzene rings is 2. The SMILES string of the molecule is O=S(=O)(c1ccccc1C(F)(F)F)N1CCN(CCOc2cccc(CN3CCOCC3)c2)CC1. The molecule has 0 bridgehead atoms. The molecule has 0 unspecified atom stereocenters. The van der Waals surface area contributed by atoms with Crippen molar-refractivity contribution in [1.82, 2.24) is 14.1 Å². The molecule has 2 saturated heterocycles. The van der Waals surface area contributed by atoms with Gasteiger partial charge in [0, 0.05) is 52.4 Å². The van der Waals surface area contributed by atoms with Crippen LogP contribution in [-0.4, -0.2) is 88.2 Å². The van der Waals surface area contributed by atoms with Crippen molar-refractivity contribution in [3.63, 3.8) is 0 Å². The molecule has 2 aromatic carbocycles. The normalized spacial score (nSPS) is 19.1. The van der Waals surface area contributed by atoms with Crippen molar-refractivity contribution in [2.75, 3.05) is 65.6 Å². The Hall–Kier alpha value is -2.18. The zero-order valence-electron chi connectivity index (χ0n) is 19.4. The molecule has 0 atom stereocenters. The minimum atomic E-state index is -4.73. The smallest absolute Gasteiger partial charge is 0.417 e. The Bertz CT molecular complexity index is 1080. The van der Waals surface area contributed by atoms with E-state index in [-0.39, 0.29) is 13.1 Å². The van der Waals surface area contributed by atoms with Gasteiger partial charge in [0.2, 0.25) is 10.0 Å². The second-order valence-electron chi connectivity index (χ2n) is 8.62. The highest BCUT2D eigenvalue weighted by Crippen LogP contribution is 2.35. The van der Waals surface area contributed by atoms with Gasteiger partial charge in [0.1, 0.15) is 12.4 Å². The maximum Gasteiger partial charge on any atom is 0.417 e.